The predicted molar refractivity (Wildman–Crippen MR) is 126 cm³/mol. The van der Waals surface area contributed by atoms with Gasteiger partial charge in [-0.2, -0.15) is 4.31 Å². The molecule has 8 nitrogen and oxygen atoms in total. The zero-order valence-electron chi connectivity index (χ0n) is 18.5. The monoisotopic (exact) mass is 479 g/mol. The molecule has 0 unspecified atom stereocenters. The molecule has 1 fully saturated rings. The number of anilines is 2. The van der Waals surface area contributed by atoms with E-state index in [0.29, 0.717) is 24.5 Å². The van der Waals surface area contributed by atoms with E-state index in [1.54, 1.807) is 12.1 Å². The summed E-state index contributed by atoms with van der Waals surface area (Å²) in [7, 11) is -7.25. The van der Waals surface area contributed by atoms with Crippen LogP contribution in [-0.2, 0) is 24.8 Å². The number of piperidine rings is 1. The zero-order chi connectivity index (χ0) is 23.5. The minimum absolute atomic E-state index is 0.172. The fraction of sp³-hybridized carbons (Fsp3) is 0.409. The summed E-state index contributed by atoms with van der Waals surface area (Å²) in [5.74, 6) is -0.525. The molecular weight excluding hydrogens is 450 g/mol. The first-order valence-corrected chi connectivity index (χ1v) is 13.7. The number of nitrogens with zero attached hydrogens (tertiary/aromatic N) is 2. The van der Waals surface area contributed by atoms with Crippen LogP contribution < -0.4 is 9.62 Å². The van der Waals surface area contributed by atoms with Gasteiger partial charge in [-0.25, -0.2) is 16.8 Å². The molecule has 0 aromatic heterocycles. The quantitative estimate of drug-likeness (QED) is 0.658. The Hall–Kier alpha value is -2.43. The van der Waals surface area contributed by atoms with Crippen molar-refractivity contribution >= 4 is 37.3 Å². The lowest BCUT2D eigenvalue weighted by atomic mass is 10.1. The Kier molecular flexibility index (Phi) is 7.26. The topological polar surface area (TPSA) is 104 Å². The maximum atomic E-state index is 12.8. The van der Waals surface area contributed by atoms with E-state index < -0.39 is 32.5 Å². The van der Waals surface area contributed by atoms with Crippen molar-refractivity contribution < 1.29 is 21.6 Å². The first-order valence-electron chi connectivity index (χ1n) is 10.4. The van der Waals surface area contributed by atoms with E-state index in [9.17, 15) is 21.6 Å². The third-order valence-corrected chi connectivity index (χ3v) is 8.66. The Balaban J connectivity index is 1.74. The van der Waals surface area contributed by atoms with E-state index >= 15 is 0 Å². The molecule has 1 heterocycles. The second kappa shape index (κ2) is 9.60. The summed E-state index contributed by atoms with van der Waals surface area (Å²) in [6.07, 6.45) is 3.79. The minimum atomic E-state index is -3.70. The van der Waals surface area contributed by atoms with Crippen LogP contribution in [0.25, 0.3) is 0 Å². The number of rotatable bonds is 7. The Morgan fingerprint density at radius 2 is 1.59 bits per heavy atom. The van der Waals surface area contributed by atoms with Crippen molar-refractivity contribution in [2.24, 2.45) is 0 Å². The normalized spacial score (nSPS) is 15.3. The second-order valence-electron chi connectivity index (χ2n) is 8.03. The lowest BCUT2D eigenvalue weighted by Gasteiger charge is -2.26. The number of aryl methyl sites for hydroxylation is 1. The van der Waals surface area contributed by atoms with Gasteiger partial charge in [-0.05, 0) is 68.1 Å². The molecule has 1 saturated heterocycles. The molecule has 1 aliphatic heterocycles. The molecule has 10 heteroatoms. The van der Waals surface area contributed by atoms with Gasteiger partial charge in [0, 0.05) is 18.8 Å². The molecule has 32 heavy (non-hydrogen) atoms. The minimum Gasteiger partial charge on any atom is -0.325 e. The van der Waals surface area contributed by atoms with E-state index in [1.165, 1.54) is 28.6 Å². The highest BCUT2D eigenvalue weighted by Gasteiger charge is 2.26. The molecule has 0 radical (unpaired) electrons. The molecule has 0 saturated carbocycles. The summed E-state index contributed by atoms with van der Waals surface area (Å²) in [5, 5.41) is 2.65. The van der Waals surface area contributed by atoms with Crippen LogP contribution in [0.3, 0.4) is 0 Å². The highest BCUT2D eigenvalue weighted by molar-refractivity contribution is 7.92. The summed E-state index contributed by atoms with van der Waals surface area (Å²) >= 11 is 0. The van der Waals surface area contributed by atoms with Gasteiger partial charge in [0.05, 0.1) is 16.8 Å². The standard InChI is InChI=1S/C22H29N3O5S2/c1-17-8-7-9-21(18(17)2)25(31(3,27)28)16-22(26)23-19-10-12-20(13-11-19)32(29,30)24-14-5-4-6-15-24/h7-13H,4-6,14-16H2,1-3H3,(H,23,26). The van der Waals surface area contributed by atoms with Crippen LogP contribution in [-0.4, -0.2) is 52.9 Å². The third-order valence-electron chi connectivity index (χ3n) is 5.62. The number of sulfonamides is 2. The molecule has 0 aliphatic carbocycles. The van der Waals surface area contributed by atoms with Crippen molar-refractivity contribution in [2.75, 3.05) is 35.5 Å². The van der Waals surface area contributed by atoms with Gasteiger partial charge in [-0.1, -0.05) is 18.6 Å². The van der Waals surface area contributed by atoms with Gasteiger partial charge < -0.3 is 5.32 Å². The Labute approximate surface area is 190 Å². The summed E-state index contributed by atoms with van der Waals surface area (Å²) in [4.78, 5) is 12.8. The van der Waals surface area contributed by atoms with Crippen LogP contribution in [0.2, 0.25) is 0 Å². The molecule has 174 valence electrons. The van der Waals surface area contributed by atoms with Gasteiger partial charge in [-0.15, -0.1) is 0 Å². The van der Waals surface area contributed by atoms with Gasteiger partial charge >= 0.3 is 0 Å². The largest absolute Gasteiger partial charge is 0.325 e. The number of amides is 1. The van der Waals surface area contributed by atoms with Crippen LogP contribution in [0.15, 0.2) is 47.4 Å². The smallest absolute Gasteiger partial charge is 0.245 e. The van der Waals surface area contributed by atoms with Crippen molar-refractivity contribution in [3.63, 3.8) is 0 Å². The highest BCUT2D eigenvalue weighted by Crippen LogP contribution is 2.25. The molecule has 0 atom stereocenters. The fourth-order valence-electron chi connectivity index (χ4n) is 3.68. The van der Waals surface area contributed by atoms with Gasteiger partial charge in [0.15, 0.2) is 0 Å². The van der Waals surface area contributed by atoms with E-state index in [1.807, 2.05) is 19.9 Å². The van der Waals surface area contributed by atoms with E-state index in [2.05, 4.69) is 5.32 Å². The summed E-state index contributed by atoms with van der Waals surface area (Å²) in [6, 6.07) is 11.2. The molecule has 0 bridgehead atoms. The van der Waals surface area contributed by atoms with Crippen molar-refractivity contribution in [1.82, 2.24) is 4.31 Å². The number of benzene rings is 2. The van der Waals surface area contributed by atoms with Gasteiger partial charge in [0.1, 0.15) is 6.54 Å². The van der Waals surface area contributed by atoms with Crippen molar-refractivity contribution in [3.8, 4) is 0 Å². The first-order chi connectivity index (χ1) is 15.0. The van der Waals surface area contributed by atoms with Crippen molar-refractivity contribution in [3.05, 3.63) is 53.6 Å². The van der Waals surface area contributed by atoms with Crippen molar-refractivity contribution in [1.29, 1.82) is 0 Å². The maximum Gasteiger partial charge on any atom is 0.245 e. The van der Waals surface area contributed by atoms with Crippen LogP contribution >= 0.6 is 0 Å². The molecule has 0 spiro atoms. The molecular formula is C22H29N3O5S2. The summed E-state index contributed by atoms with van der Waals surface area (Å²) in [6.45, 7) is 4.32. The molecule has 1 aliphatic rings. The number of hydrogen-bond donors (Lipinski definition) is 1. The number of hydrogen-bond acceptors (Lipinski definition) is 5. The van der Waals surface area contributed by atoms with Crippen LogP contribution in [0, 0.1) is 13.8 Å². The number of nitrogens with one attached hydrogen (secondary N) is 1. The Morgan fingerprint density at radius 3 is 2.19 bits per heavy atom. The summed E-state index contributed by atoms with van der Waals surface area (Å²) in [5.41, 5.74) is 2.53. The van der Waals surface area contributed by atoms with E-state index in [0.717, 1.165) is 41.0 Å². The third kappa shape index (κ3) is 5.48. The van der Waals surface area contributed by atoms with Gasteiger partial charge in [-0.3, -0.25) is 9.10 Å². The Morgan fingerprint density at radius 1 is 0.969 bits per heavy atom. The lowest BCUT2D eigenvalue weighted by molar-refractivity contribution is -0.114. The van der Waals surface area contributed by atoms with Gasteiger partial charge in [0.2, 0.25) is 26.0 Å². The molecule has 1 N–H and O–H groups in total. The first kappa shape index (κ1) is 24.2. The molecule has 2 aromatic rings. The lowest BCUT2D eigenvalue weighted by Crippen LogP contribution is -2.38. The average molecular weight is 480 g/mol. The van der Waals surface area contributed by atoms with E-state index in [-0.39, 0.29) is 4.90 Å². The fourth-order valence-corrected chi connectivity index (χ4v) is 6.11. The van der Waals surface area contributed by atoms with E-state index in [4.69, 9.17) is 0 Å². The molecule has 2 aromatic carbocycles. The summed E-state index contributed by atoms with van der Waals surface area (Å²) < 4.78 is 52.8. The molecule has 3 rings (SSSR count). The number of carbonyl (C=O) groups is 1. The average Bonchev–Trinajstić information content (AvgIpc) is 2.74. The zero-order valence-corrected chi connectivity index (χ0v) is 20.2. The maximum absolute atomic E-state index is 12.8. The SMILES string of the molecule is Cc1cccc(N(CC(=O)Nc2ccc(S(=O)(=O)N3CCCCC3)cc2)S(C)(=O)=O)c1C. The van der Waals surface area contributed by atoms with Crippen LogP contribution in [0.5, 0.6) is 0 Å². The number of carbonyl (C=O) groups excluding carboxylic acids is 1. The van der Waals surface area contributed by atoms with Crippen LogP contribution in [0.1, 0.15) is 30.4 Å². The predicted octanol–water partition coefficient (Wildman–Crippen LogP) is 2.88. The van der Waals surface area contributed by atoms with Gasteiger partial charge in [0.25, 0.3) is 0 Å². The van der Waals surface area contributed by atoms with Crippen molar-refractivity contribution in [2.45, 2.75) is 38.0 Å². The second-order valence-corrected chi connectivity index (χ2v) is 11.9. The highest BCUT2D eigenvalue weighted by atomic mass is 32.2. The van der Waals surface area contributed by atoms with Crippen LogP contribution in [0.4, 0.5) is 11.4 Å². The molecule has 1 amide bonds. The Bertz CT molecular complexity index is 1190.